The van der Waals surface area contributed by atoms with Gasteiger partial charge in [0.1, 0.15) is 0 Å². The molecular formula is C15H30N2S. The van der Waals surface area contributed by atoms with Gasteiger partial charge in [-0.3, -0.25) is 4.90 Å². The maximum absolute atomic E-state index is 6.15. The van der Waals surface area contributed by atoms with E-state index in [-0.39, 0.29) is 0 Å². The first kappa shape index (κ1) is 14.7. The molecule has 0 amide bonds. The molecule has 0 radical (unpaired) electrons. The maximum atomic E-state index is 6.15. The van der Waals surface area contributed by atoms with Gasteiger partial charge in [-0.25, -0.2) is 0 Å². The van der Waals surface area contributed by atoms with Crippen molar-refractivity contribution in [1.82, 2.24) is 4.90 Å². The number of nitrogens with zero attached hydrogens (tertiary/aromatic N) is 1. The van der Waals surface area contributed by atoms with Crippen LogP contribution in [-0.4, -0.2) is 41.6 Å². The summed E-state index contributed by atoms with van der Waals surface area (Å²) in [5, 5.41) is 0. The first-order chi connectivity index (χ1) is 8.70. The lowest BCUT2D eigenvalue weighted by molar-refractivity contribution is 0.0216. The zero-order chi connectivity index (χ0) is 13.1. The highest BCUT2D eigenvalue weighted by atomic mass is 32.2. The number of rotatable bonds is 4. The van der Waals surface area contributed by atoms with E-state index in [1.165, 1.54) is 63.1 Å². The Morgan fingerprint density at radius 1 is 1.11 bits per heavy atom. The van der Waals surface area contributed by atoms with Crippen LogP contribution in [0.5, 0.6) is 0 Å². The van der Waals surface area contributed by atoms with Crippen LogP contribution < -0.4 is 5.73 Å². The predicted molar refractivity (Wildman–Crippen MR) is 82.2 cm³/mol. The van der Waals surface area contributed by atoms with Gasteiger partial charge in [0.15, 0.2) is 0 Å². The monoisotopic (exact) mass is 270 g/mol. The maximum Gasteiger partial charge on any atom is 0.0422 e. The van der Waals surface area contributed by atoms with Gasteiger partial charge in [-0.05, 0) is 49.9 Å². The Morgan fingerprint density at radius 3 is 2.22 bits per heavy atom. The molecule has 106 valence electrons. The lowest BCUT2D eigenvalue weighted by Gasteiger charge is -2.51. The Kier molecular flexibility index (Phi) is 5.01. The summed E-state index contributed by atoms with van der Waals surface area (Å²) < 4.78 is 0. The van der Waals surface area contributed by atoms with Crippen molar-refractivity contribution in [3.05, 3.63) is 0 Å². The van der Waals surface area contributed by atoms with Crippen molar-refractivity contribution in [2.75, 3.05) is 31.1 Å². The van der Waals surface area contributed by atoms with Gasteiger partial charge in [0.25, 0.3) is 0 Å². The summed E-state index contributed by atoms with van der Waals surface area (Å²) in [6.45, 7) is 8.15. The summed E-state index contributed by atoms with van der Waals surface area (Å²) >= 11 is 2.11. The number of piperidine rings is 1. The molecule has 2 saturated heterocycles. The van der Waals surface area contributed by atoms with Crippen molar-refractivity contribution in [1.29, 1.82) is 0 Å². The smallest absolute Gasteiger partial charge is 0.0422 e. The van der Waals surface area contributed by atoms with Gasteiger partial charge in [-0.1, -0.05) is 26.7 Å². The van der Waals surface area contributed by atoms with Crippen molar-refractivity contribution in [2.24, 2.45) is 11.1 Å². The molecule has 2 nitrogen and oxygen atoms in total. The number of nitrogens with two attached hydrogens (primary N) is 1. The molecule has 0 saturated carbocycles. The summed E-state index contributed by atoms with van der Waals surface area (Å²) in [5.41, 5.74) is 7.11. The van der Waals surface area contributed by atoms with Gasteiger partial charge in [-0.15, -0.1) is 0 Å². The quantitative estimate of drug-likeness (QED) is 0.851. The topological polar surface area (TPSA) is 29.3 Å². The van der Waals surface area contributed by atoms with E-state index in [4.69, 9.17) is 5.73 Å². The lowest BCUT2D eigenvalue weighted by atomic mass is 9.73. The van der Waals surface area contributed by atoms with Crippen LogP contribution in [-0.2, 0) is 0 Å². The molecule has 0 aromatic heterocycles. The first-order valence-corrected chi connectivity index (χ1v) is 8.89. The van der Waals surface area contributed by atoms with Crippen molar-refractivity contribution in [2.45, 2.75) is 57.9 Å². The zero-order valence-corrected chi connectivity index (χ0v) is 13.0. The molecule has 2 N–H and O–H groups in total. The van der Waals surface area contributed by atoms with E-state index in [9.17, 15) is 0 Å². The molecule has 2 aliphatic rings. The van der Waals surface area contributed by atoms with Gasteiger partial charge in [0.2, 0.25) is 0 Å². The first-order valence-electron chi connectivity index (χ1n) is 7.73. The molecule has 2 aliphatic heterocycles. The standard InChI is InChI=1S/C15H30N2S/c1-3-14(4-2)7-9-17(10-8-14)15(12-16)6-5-11-18-13-15/h3-13,16H2,1-2H3. The predicted octanol–water partition coefficient (Wildman–Crippen LogP) is 3.11. The minimum atomic E-state index is 0.330. The minimum absolute atomic E-state index is 0.330. The zero-order valence-electron chi connectivity index (χ0n) is 12.2. The molecule has 0 aromatic carbocycles. The van der Waals surface area contributed by atoms with Crippen LogP contribution in [0.1, 0.15) is 52.4 Å². The van der Waals surface area contributed by atoms with E-state index in [1.807, 2.05) is 0 Å². The van der Waals surface area contributed by atoms with Gasteiger partial charge in [0, 0.05) is 17.8 Å². The molecule has 0 spiro atoms. The normalized spacial score (nSPS) is 33.5. The minimum Gasteiger partial charge on any atom is -0.329 e. The fraction of sp³-hybridized carbons (Fsp3) is 1.00. The van der Waals surface area contributed by atoms with Crippen LogP contribution in [0.3, 0.4) is 0 Å². The van der Waals surface area contributed by atoms with E-state index >= 15 is 0 Å². The van der Waals surface area contributed by atoms with Gasteiger partial charge >= 0.3 is 0 Å². The fourth-order valence-corrected chi connectivity index (χ4v) is 5.11. The number of likely N-dealkylation sites (tertiary alicyclic amines) is 1. The molecule has 2 heterocycles. The largest absolute Gasteiger partial charge is 0.329 e. The van der Waals surface area contributed by atoms with Crippen LogP contribution in [0, 0.1) is 5.41 Å². The fourth-order valence-electron chi connectivity index (χ4n) is 3.79. The van der Waals surface area contributed by atoms with E-state index in [0.717, 1.165) is 6.54 Å². The number of thioether (sulfide) groups is 1. The third-order valence-electron chi connectivity index (χ3n) is 5.68. The molecule has 1 unspecified atom stereocenters. The third kappa shape index (κ3) is 2.73. The molecular weight excluding hydrogens is 240 g/mol. The molecule has 0 aliphatic carbocycles. The van der Waals surface area contributed by atoms with Crippen LogP contribution >= 0.6 is 11.8 Å². The highest BCUT2D eigenvalue weighted by Crippen LogP contribution is 2.41. The van der Waals surface area contributed by atoms with E-state index in [0.29, 0.717) is 11.0 Å². The van der Waals surface area contributed by atoms with E-state index in [2.05, 4.69) is 30.5 Å². The van der Waals surface area contributed by atoms with Crippen molar-refractivity contribution in [3.8, 4) is 0 Å². The van der Waals surface area contributed by atoms with Crippen LogP contribution in [0.15, 0.2) is 0 Å². The molecule has 3 heteroatoms. The Labute approximate surface area is 117 Å². The highest BCUT2D eigenvalue weighted by Gasteiger charge is 2.41. The van der Waals surface area contributed by atoms with Crippen molar-refractivity contribution < 1.29 is 0 Å². The number of hydrogen-bond donors (Lipinski definition) is 1. The van der Waals surface area contributed by atoms with Crippen LogP contribution in [0.4, 0.5) is 0 Å². The Bertz CT molecular complexity index is 247. The van der Waals surface area contributed by atoms with Gasteiger partial charge in [-0.2, -0.15) is 11.8 Å². The Hall–Kier alpha value is 0.270. The summed E-state index contributed by atoms with van der Waals surface area (Å²) in [5.74, 6) is 2.60. The molecule has 1 atom stereocenters. The summed E-state index contributed by atoms with van der Waals surface area (Å²) in [6.07, 6.45) is 8.13. The van der Waals surface area contributed by atoms with Crippen LogP contribution in [0.25, 0.3) is 0 Å². The summed E-state index contributed by atoms with van der Waals surface area (Å²) in [6, 6.07) is 0. The van der Waals surface area contributed by atoms with E-state index < -0.39 is 0 Å². The summed E-state index contributed by atoms with van der Waals surface area (Å²) in [7, 11) is 0. The summed E-state index contributed by atoms with van der Waals surface area (Å²) in [4.78, 5) is 2.74. The SMILES string of the molecule is CCC1(CC)CCN(C2(CN)CCCSC2)CC1. The Balaban J connectivity index is 1.99. The number of hydrogen-bond acceptors (Lipinski definition) is 3. The molecule has 2 fully saturated rings. The highest BCUT2D eigenvalue weighted by molar-refractivity contribution is 7.99. The Morgan fingerprint density at radius 2 is 1.78 bits per heavy atom. The molecule has 18 heavy (non-hydrogen) atoms. The van der Waals surface area contributed by atoms with Crippen molar-refractivity contribution in [3.63, 3.8) is 0 Å². The third-order valence-corrected chi connectivity index (χ3v) is 7.00. The molecule has 0 bridgehead atoms. The second kappa shape index (κ2) is 6.15. The molecule has 0 aromatic rings. The van der Waals surface area contributed by atoms with Crippen molar-refractivity contribution >= 4 is 11.8 Å². The average Bonchev–Trinajstić information content (AvgIpc) is 2.48. The van der Waals surface area contributed by atoms with E-state index in [1.54, 1.807) is 0 Å². The lowest BCUT2D eigenvalue weighted by Crippen LogP contribution is -2.60. The molecule has 2 rings (SSSR count). The second-order valence-corrected chi connectivity index (χ2v) is 7.38. The van der Waals surface area contributed by atoms with Crippen LogP contribution in [0.2, 0.25) is 0 Å². The van der Waals surface area contributed by atoms with Gasteiger partial charge in [0.05, 0.1) is 0 Å². The van der Waals surface area contributed by atoms with Gasteiger partial charge < -0.3 is 5.73 Å². The second-order valence-electron chi connectivity index (χ2n) is 6.28. The average molecular weight is 270 g/mol.